The number of benzene rings is 2. The fraction of sp³-hybridized carbons (Fsp3) is 0.211. The van der Waals surface area contributed by atoms with E-state index in [4.69, 9.17) is 16.3 Å². The number of aromatic nitrogens is 7. The van der Waals surface area contributed by atoms with Crippen molar-refractivity contribution >= 4 is 23.4 Å². The van der Waals surface area contributed by atoms with Gasteiger partial charge in [-0.2, -0.15) is 4.68 Å². The van der Waals surface area contributed by atoms with E-state index in [0.717, 1.165) is 28.2 Å². The predicted molar refractivity (Wildman–Crippen MR) is 110 cm³/mol. The van der Waals surface area contributed by atoms with E-state index in [0.29, 0.717) is 11.6 Å². The molecule has 1 atom stereocenters. The molecule has 0 aliphatic heterocycles. The van der Waals surface area contributed by atoms with Gasteiger partial charge in [0.1, 0.15) is 12.4 Å². The van der Waals surface area contributed by atoms with Crippen LogP contribution < -0.4 is 4.74 Å². The molecule has 2 aromatic carbocycles. The minimum Gasteiger partial charge on any atom is -0.486 e. The Bertz CT molecular complexity index is 1080. The first kappa shape index (κ1) is 19.4. The number of halogens is 1. The van der Waals surface area contributed by atoms with Gasteiger partial charge < -0.3 is 9.30 Å². The van der Waals surface area contributed by atoms with Crippen LogP contribution in [0.5, 0.6) is 5.75 Å². The van der Waals surface area contributed by atoms with Gasteiger partial charge in [0.15, 0.2) is 16.8 Å². The second-order valence-corrected chi connectivity index (χ2v) is 7.99. The highest BCUT2D eigenvalue weighted by atomic mass is 35.5. The van der Waals surface area contributed by atoms with Gasteiger partial charge >= 0.3 is 0 Å². The summed E-state index contributed by atoms with van der Waals surface area (Å²) >= 11 is 7.43. The highest BCUT2D eigenvalue weighted by molar-refractivity contribution is 7.99. The van der Waals surface area contributed by atoms with Crippen molar-refractivity contribution in [3.8, 4) is 11.4 Å². The second kappa shape index (κ2) is 8.62. The molecule has 0 aliphatic rings. The molecule has 0 spiro atoms. The highest BCUT2D eigenvalue weighted by Gasteiger charge is 2.20. The van der Waals surface area contributed by atoms with Crippen LogP contribution in [0.1, 0.15) is 23.8 Å². The SMILES string of the molecule is C[C@@H](Sc1nnc(COc2ccc(Cl)cc2)n1C)c1nnnn1-c1ccccc1. The lowest BCUT2D eigenvalue weighted by molar-refractivity contribution is 0.290. The average molecular weight is 428 g/mol. The molecule has 2 aromatic heterocycles. The largest absolute Gasteiger partial charge is 0.486 e. The molecule has 0 unspecified atom stereocenters. The predicted octanol–water partition coefficient (Wildman–Crippen LogP) is 3.88. The molecular weight excluding hydrogens is 410 g/mol. The van der Waals surface area contributed by atoms with Crippen LogP contribution >= 0.6 is 23.4 Å². The summed E-state index contributed by atoms with van der Waals surface area (Å²) in [6, 6.07) is 17.0. The maximum atomic E-state index is 5.90. The molecule has 0 radical (unpaired) electrons. The minimum atomic E-state index is -0.0295. The van der Waals surface area contributed by atoms with Gasteiger partial charge in [0.05, 0.1) is 10.9 Å². The molecule has 0 saturated carbocycles. The fourth-order valence-corrected chi connectivity index (χ4v) is 3.71. The molecule has 0 bridgehead atoms. The number of tetrazole rings is 1. The van der Waals surface area contributed by atoms with Crippen LogP contribution in [-0.2, 0) is 13.7 Å². The van der Waals surface area contributed by atoms with Gasteiger partial charge in [-0.1, -0.05) is 41.6 Å². The smallest absolute Gasteiger partial charge is 0.191 e. The maximum Gasteiger partial charge on any atom is 0.191 e. The summed E-state index contributed by atoms with van der Waals surface area (Å²) in [6.07, 6.45) is 0. The van der Waals surface area contributed by atoms with Crippen molar-refractivity contribution in [2.45, 2.75) is 23.9 Å². The van der Waals surface area contributed by atoms with Crippen LogP contribution in [0.15, 0.2) is 59.8 Å². The van der Waals surface area contributed by atoms with E-state index in [2.05, 4.69) is 25.7 Å². The lowest BCUT2D eigenvalue weighted by Gasteiger charge is -2.11. The molecule has 8 nitrogen and oxygen atoms in total. The molecule has 148 valence electrons. The molecule has 0 fully saturated rings. The second-order valence-electron chi connectivity index (χ2n) is 6.24. The Morgan fingerprint density at radius 2 is 1.79 bits per heavy atom. The third-order valence-corrected chi connectivity index (χ3v) is 5.63. The van der Waals surface area contributed by atoms with Crippen molar-refractivity contribution < 1.29 is 4.74 Å². The molecule has 4 aromatic rings. The third-order valence-electron chi connectivity index (χ3n) is 4.25. The van der Waals surface area contributed by atoms with E-state index in [-0.39, 0.29) is 5.25 Å². The fourth-order valence-electron chi connectivity index (χ4n) is 2.66. The first-order valence-corrected chi connectivity index (χ1v) is 10.1. The van der Waals surface area contributed by atoms with Gasteiger partial charge in [-0.15, -0.1) is 15.3 Å². The van der Waals surface area contributed by atoms with Crippen molar-refractivity contribution in [2.75, 3.05) is 0 Å². The molecule has 10 heteroatoms. The summed E-state index contributed by atoms with van der Waals surface area (Å²) in [5.74, 6) is 2.18. The zero-order valence-electron chi connectivity index (χ0n) is 15.8. The van der Waals surface area contributed by atoms with Gasteiger partial charge in [-0.3, -0.25) is 0 Å². The van der Waals surface area contributed by atoms with E-state index in [9.17, 15) is 0 Å². The Labute approximate surface area is 176 Å². The van der Waals surface area contributed by atoms with Gasteiger partial charge in [0, 0.05) is 12.1 Å². The van der Waals surface area contributed by atoms with Crippen LogP contribution in [-0.4, -0.2) is 35.0 Å². The molecule has 2 heterocycles. The summed E-state index contributed by atoms with van der Waals surface area (Å²) in [5.41, 5.74) is 0.912. The van der Waals surface area contributed by atoms with Crippen molar-refractivity contribution in [2.24, 2.45) is 7.05 Å². The maximum absolute atomic E-state index is 5.90. The van der Waals surface area contributed by atoms with E-state index in [1.54, 1.807) is 16.8 Å². The van der Waals surface area contributed by atoms with Crippen molar-refractivity contribution in [3.05, 3.63) is 71.3 Å². The summed E-state index contributed by atoms with van der Waals surface area (Å²) in [7, 11) is 1.91. The molecule has 0 N–H and O–H groups in total. The van der Waals surface area contributed by atoms with Gasteiger partial charge in [-0.05, 0) is 53.7 Å². The zero-order chi connectivity index (χ0) is 20.2. The van der Waals surface area contributed by atoms with Gasteiger partial charge in [0.2, 0.25) is 0 Å². The molecule has 0 amide bonds. The molecular formula is C19H18ClN7OS. The normalized spacial score (nSPS) is 12.1. The minimum absolute atomic E-state index is 0.0295. The first-order valence-electron chi connectivity index (χ1n) is 8.89. The standard InChI is InChI=1S/C19H18ClN7OS/c1-13(18-22-24-25-27(18)15-6-4-3-5-7-15)29-19-23-21-17(26(19)2)12-28-16-10-8-14(20)9-11-16/h3-11,13H,12H2,1-2H3/t13-/m1/s1. The van der Waals surface area contributed by atoms with Crippen LogP contribution in [0, 0.1) is 0 Å². The number of rotatable bonds is 7. The van der Waals surface area contributed by atoms with Gasteiger partial charge in [-0.25, -0.2) is 0 Å². The number of hydrogen-bond acceptors (Lipinski definition) is 7. The van der Waals surface area contributed by atoms with Crippen LogP contribution in [0.25, 0.3) is 5.69 Å². The Morgan fingerprint density at radius 3 is 2.55 bits per heavy atom. The van der Waals surface area contributed by atoms with Crippen LogP contribution in [0.3, 0.4) is 0 Å². The Balaban J connectivity index is 1.45. The monoisotopic (exact) mass is 427 g/mol. The van der Waals surface area contributed by atoms with Gasteiger partial charge in [0.25, 0.3) is 0 Å². The number of nitrogens with zero attached hydrogens (tertiary/aromatic N) is 7. The Morgan fingerprint density at radius 1 is 1.03 bits per heavy atom. The Hall–Kier alpha value is -2.91. The van der Waals surface area contributed by atoms with E-state index in [1.165, 1.54) is 11.8 Å². The summed E-state index contributed by atoms with van der Waals surface area (Å²) < 4.78 is 9.41. The molecule has 0 saturated heterocycles. The third kappa shape index (κ3) is 4.41. The van der Waals surface area contributed by atoms with E-state index < -0.39 is 0 Å². The quantitative estimate of drug-likeness (QED) is 0.414. The number of hydrogen-bond donors (Lipinski definition) is 0. The molecule has 4 rings (SSSR count). The lowest BCUT2D eigenvalue weighted by Crippen LogP contribution is -2.07. The van der Waals surface area contributed by atoms with E-state index >= 15 is 0 Å². The summed E-state index contributed by atoms with van der Waals surface area (Å²) in [4.78, 5) is 0. The van der Waals surface area contributed by atoms with Crippen molar-refractivity contribution in [3.63, 3.8) is 0 Å². The van der Waals surface area contributed by atoms with Crippen molar-refractivity contribution in [1.82, 2.24) is 35.0 Å². The average Bonchev–Trinajstić information content (AvgIpc) is 3.36. The first-order chi connectivity index (χ1) is 14.1. The number of ether oxygens (including phenoxy) is 1. The van der Waals surface area contributed by atoms with E-state index in [1.807, 2.05) is 61.0 Å². The Kier molecular flexibility index (Phi) is 5.77. The molecule has 0 aliphatic carbocycles. The topological polar surface area (TPSA) is 83.5 Å². The van der Waals surface area contributed by atoms with Crippen LogP contribution in [0.4, 0.5) is 0 Å². The highest BCUT2D eigenvalue weighted by Crippen LogP contribution is 2.33. The summed E-state index contributed by atoms with van der Waals surface area (Å²) in [5, 5.41) is 22.1. The van der Waals surface area contributed by atoms with Crippen LogP contribution in [0.2, 0.25) is 5.02 Å². The number of para-hydroxylation sites is 1. The zero-order valence-corrected chi connectivity index (χ0v) is 17.4. The number of thioether (sulfide) groups is 1. The lowest BCUT2D eigenvalue weighted by atomic mass is 10.3. The summed E-state index contributed by atoms with van der Waals surface area (Å²) in [6.45, 7) is 2.34. The van der Waals surface area contributed by atoms with Crippen molar-refractivity contribution in [1.29, 1.82) is 0 Å². The molecule has 29 heavy (non-hydrogen) atoms.